The zero-order valence-corrected chi connectivity index (χ0v) is 12.9. The van der Waals surface area contributed by atoms with Crippen molar-refractivity contribution in [3.63, 3.8) is 0 Å². The Bertz CT molecular complexity index is 567. The number of methoxy groups -OCH3 is 1. The zero-order valence-electron chi connectivity index (χ0n) is 12.1. The third kappa shape index (κ3) is 3.29. The molecule has 0 saturated heterocycles. The molecule has 0 aliphatic rings. The zero-order chi connectivity index (χ0) is 14.5. The molecule has 4 nitrogen and oxygen atoms in total. The van der Waals surface area contributed by atoms with Gasteiger partial charge < -0.3 is 15.2 Å². The van der Waals surface area contributed by atoms with Gasteiger partial charge in [0.15, 0.2) is 11.5 Å². The van der Waals surface area contributed by atoms with Crippen molar-refractivity contribution >= 4 is 11.3 Å². The lowest BCUT2D eigenvalue weighted by atomic mass is 10.1. The van der Waals surface area contributed by atoms with Gasteiger partial charge in [-0.2, -0.15) is 0 Å². The van der Waals surface area contributed by atoms with Crippen molar-refractivity contribution in [2.24, 2.45) is 5.73 Å². The minimum Gasteiger partial charge on any atom is -0.493 e. The SMILES string of the molecule is COc1ccccc1OCc1nc(C(C)C)c(CN)s1. The Balaban J connectivity index is 2.11. The lowest BCUT2D eigenvalue weighted by Gasteiger charge is -2.08. The van der Waals surface area contributed by atoms with E-state index in [0.717, 1.165) is 27.1 Å². The van der Waals surface area contributed by atoms with Crippen LogP contribution in [0.15, 0.2) is 24.3 Å². The van der Waals surface area contributed by atoms with Crippen LogP contribution in [0.1, 0.15) is 35.3 Å². The van der Waals surface area contributed by atoms with Crippen molar-refractivity contribution in [1.29, 1.82) is 0 Å². The first-order valence-electron chi connectivity index (χ1n) is 6.60. The Morgan fingerprint density at radius 1 is 1.25 bits per heavy atom. The number of benzene rings is 1. The van der Waals surface area contributed by atoms with E-state index in [4.69, 9.17) is 15.2 Å². The van der Waals surface area contributed by atoms with Gasteiger partial charge in [-0.25, -0.2) is 4.98 Å². The van der Waals surface area contributed by atoms with Crippen LogP contribution in [0.4, 0.5) is 0 Å². The van der Waals surface area contributed by atoms with Crippen LogP contribution in [-0.2, 0) is 13.2 Å². The number of nitrogens with zero attached hydrogens (tertiary/aromatic N) is 1. The first-order valence-corrected chi connectivity index (χ1v) is 7.41. The van der Waals surface area contributed by atoms with Crippen molar-refractivity contribution in [2.45, 2.75) is 32.9 Å². The Morgan fingerprint density at radius 2 is 1.95 bits per heavy atom. The van der Waals surface area contributed by atoms with Crippen LogP contribution >= 0.6 is 11.3 Å². The topological polar surface area (TPSA) is 57.4 Å². The van der Waals surface area contributed by atoms with Gasteiger partial charge in [0.25, 0.3) is 0 Å². The number of ether oxygens (including phenoxy) is 2. The predicted octanol–water partition coefficient (Wildman–Crippen LogP) is 3.31. The smallest absolute Gasteiger partial charge is 0.161 e. The molecule has 0 aliphatic heterocycles. The Kier molecular flexibility index (Phi) is 4.98. The summed E-state index contributed by atoms with van der Waals surface area (Å²) < 4.78 is 11.0. The molecule has 0 aliphatic carbocycles. The van der Waals surface area contributed by atoms with Gasteiger partial charge in [0, 0.05) is 11.4 Å². The number of hydrogen-bond donors (Lipinski definition) is 1. The molecule has 5 heteroatoms. The summed E-state index contributed by atoms with van der Waals surface area (Å²) in [7, 11) is 1.63. The second-order valence-electron chi connectivity index (χ2n) is 4.71. The van der Waals surface area contributed by atoms with Crippen molar-refractivity contribution in [2.75, 3.05) is 7.11 Å². The quantitative estimate of drug-likeness (QED) is 0.887. The molecule has 0 bridgehead atoms. The molecule has 1 heterocycles. The lowest BCUT2D eigenvalue weighted by molar-refractivity contribution is 0.284. The monoisotopic (exact) mass is 292 g/mol. The molecule has 20 heavy (non-hydrogen) atoms. The van der Waals surface area contributed by atoms with Crippen LogP contribution in [0.5, 0.6) is 11.5 Å². The lowest BCUT2D eigenvalue weighted by Crippen LogP contribution is -2.00. The molecule has 1 aromatic carbocycles. The maximum atomic E-state index is 5.79. The maximum Gasteiger partial charge on any atom is 0.161 e. The molecule has 1 aromatic heterocycles. The molecular weight excluding hydrogens is 272 g/mol. The van der Waals surface area contributed by atoms with Crippen LogP contribution in [0.25, 0.3) is 0 Å². The third-order valence-corrected chi connectivity index (χ3v) is 3.99. The minimum atomic E-state index is 0.379. The molecule has 0 spiro atoms. The minimum absolute atomic E-state index is 0.379. The summed E-state index contributed by atoms with van der Waals surface area (Å²) in [6.45, 7) is 5.21. The van der Waals surface area contributed by atoms with Gasteiger partial charge in [-0.15, -0.1) is 11.3 Å². The Labute approximate surface area is 123 Å². The molecule has 0 fully saturated rings. The van der Waals surface area contributed by atoms with Crippen LogP contribution in [-0.4, -0.2) is 12.1 Å². The molecule has 2 aromatic rings. The summed E-state index contributed by atoms with van der Waals surface area (Å²) in [6, 6.07) is 7.60. The van der Waals surface area contributed by atoms with E-state index in [2.05, 4.69) is 18.8 Å². The highest BCUT2D eigenvalue weighted by atomic mass is 32.1. The molecular formula is C15H20N2O2S. The van der Waals surface area contributed by atoms with Crippen molar-refractivity contribution in [3.8, 4) is 11.5 Å². The normalized spacial score (nSPS) is 10.8. The van der Waals surface area contributed by atoms with E-state index in [9.17, 15) is 0 Å². The number of nitrogens with two attached hydrogens (primary N) is 1. The summed E-state index contributed by atoms with van der Waals surface area (Å²) in [5.41, 5.74) is 6.84. The molecule has 0 unspecified atom stereocenters. The second-order valence-corrected chi connectivity index (χ2v) is 5.88. The van der Waals surface area contributed by atoms with Crippen molar-refractivity contribution in [1.82, 2.24) is 4.98 Å². The van der Waals surface area contributed by atoms with E-state index in [0.29, 0.717) is 19.1 Å². The van der Waals surface area contributed by atoms with Crippen LogP contribution in [0, 0.1) is 0 Å². The average molecular weight is 292 g/mol. The summed E-state index contributed by atoms with van der Waals surface area (Å²) >= 11 is 1.62. The van der Waals surface area contributed by atoms with Crippen LogP contribution in [0.2, 0.25) is 0 Å². The van der Waals surface area contributed by atoms with Gasteiger partial charge in [-0.05, 0) is 18.1 Å². The van der Waals surface area contributed by atoms with Gasteiger partial charge in [0.2, 0.25) is 0 Å². The fourth-order valence-electron chi connectivity index (χ4n) is 1.95. The van der Waals surface area contributed by atoms with E-state index in [-0.39, 0.29) is 0 Å². The average Bonchev–Trinajstić information content (AvgIpc) is 2.89. The van der Waals surface area contributed by atoms with Crippen molar-refractivity contribution in [3.05, 3.63) is 39.8 Å². The highest BCUT2D eigenvalue weighted by molar-refractivity contribution is 7.11. The van der Waals surface area contributed by atoms with Gasteiger partial charge in [0.05, 0.1) is 12.8 Å². The van der Waals surface area contributed by atoms with E-state index >= 15 is 0 Å². The molecule has 0 saturated carbocycles. The number of para-hydroxylation sites is 2. The van der Waals surface area contributed by atoms with E-state index in [1.165, 1.54) is 0 Å². The molecule has 0 atom stereocenters. The predicted molar refractivity (Wildman–Crippen MR) is 81.4 cm³/mol. The molecule has 0 radical (unpaired) electrons. The van der Waals surface area contributed by atoms with Gasteiger partial charge in [-0.3, -0.25) is 0 Å². The number of hydrogen-bond acceptors (Lipinski definition) is 5. The first-order chi connectivity index (χ1) is 9.65. The molecule has 108 valence electrons. The summed E-state index contributed by atoms with van der Waals surface area (Å²) in [4.78, 5) is 5.76. The Morgan fingerprint density at radius 3 is 2.50 bits per heavy atom. The van der Waals surface area contributed by atoms with Gasteiger partial charge in [0.1, 0.15) is 11.6 Å². The van der Waals surface area contributed by atoms with Crippen molar-refractivity contribution < 1.29 is 9.47 Å². The van der Waals surface area contributed by atoms with Crippen LogP contribution < -0.4 is 15.2 Å². The highest BCUT2D eigenvalue weighted by Crippen LogP contribution is 2.29. The summed E-state index contributed by atoms with van der Waals surface area (Å²) in [6.07, 6.45) is 0. The standard InChI is InChI=1S/C15H20N2O2S/c1-10(2)15-13(8-16)20-14(17-15)9-19-12-7-5-4-6-11(12)18-3/h4-7,10H,8-9,16H2,1-3H3. The van der Waals surface area contributed by atoms with Gasteiger partial charge in [-0.1, -0.05) is 26.0 Å². The number of aromatic nitrogens is 1. The Hall–Kier alpha value is -1.59. The van der Waals surface area contributed by atoms with Crippen LogP contribution in [0.3, 0.4) is 0 Å². The summed E-state index contributed by atoms with van der Waals surface area (Å²) in [5, 5.41) is 0.944. The fraction of sp³-hybridized carbons (Fsp3) is 0.400. The molecule has 2 N–H and O–H groups in total. The molecule has 0 amide bonds. The third-order valence-electron chi connectivity index (χ3n) is 2.92. The number of thiazole rings is 1. The number of rotatable bonds is 6. The second kappa shape index (κ2) is 6.72. The largest absolute Gasteiger partial charge is 0.493 e. The maximum absolute atomic E-state index is 5.79. The van der Waals surface area contributed by atoms with E-state index in [1.54, 1.807) is 18.4 Å². The van der Waals surface area contributed by atoms with Gasteiger partial charge >= 0.3 is 0 Å². The first kappa shape index (κ1) is 14.8. The van der Waals surface area contributed by atoms with E-state index in [1.807, 2.05) is 24.3 Å². The van der Waals surface area contributed by atoms with E-state index < -0.39 is 0 Å². The molecule has 2 rings (SSSR count). The fourth-order valence-corrected chi connectivity index (χ4v) is 2.97. The summed E-state index contributed by atoms with van der Waals surface area (Å²) in [5.74, 6) is 1.84. The highest BCUT2D eigenvalue weighted by Gasteiger charge is 2.13.